The predicted octanol–water partition coefficient (Wildman–Crippen LogP) is 12.2. The highest BCUT2D eigenvalue weighted by molar-refractivity contribution is 6.14. The summed E-state index contributed by atoms with van der Waals surface area (Å²) in [6.45, 7) is 4.68. The molecule has 2 heteroatoms. The van der Waals surface area contributed by atoms with Gasteiger partial charge in [0.1, 0.15) is 11.2 Å². The maximum absolute atomic E-state index is 6.70. The molecule has 214 valence electrons. The first kappa shape index (κ1) is 25.9. The van der Waals surface area contributed by atoms with Crippen LogP contribution in [0, 0.1) is 0 Å². The molecule has 0 saturated heterocycles. The summed E-state index contributed by atoms with van der Waals surface area (Å²) in [5.74, 6) is 0. The molecule has 0 bridgehead atoms. The minimum atomic E-state index is -0.0901. The van der Waals surface area contributed by atoms with Gasteiger partial charge in [-0.15, -0.1) is 0 Å². The molecule has 1 aliphatic carbocycles. The molecule has 1 aliphatic rings. The van der Waals surface area contributed by atoms with Crippen molar-refractivity contribution in [2.45, 2.75) is 19.3 Å². The topological polar surface area (TPSA) is 16.4 Å². The van der Waals surface area contributed by atoms with Crippen LogP contribution in [0.1, 0.15) is 25.0 Å². The number of benzene rings is 7. The van der Waals surface area contributed by atoms with Gasteiger partial charge in [0.05, 0.1) is 5.69 Å². The monoisotopic (exact) mass is 577 g/mol. The van der Waals surface area contributed by atoms with E-state index in [1.165, 1.54) is 33.0 Å². The fourth-order valence-electron chi connectivity index (χ4n) is 7.43. The van der Waals surface area contributed by atoms with E-state index in [0.717, 1.165) is 50.1 Å². The lowest BCUT2D eigenvalue weighted by atomic mass is 9.82. The van der Waals surface area contributed by atoms with Gasteiger partial charge < -0.3 is 9.32 Å². The second-order valence-corrected chi connectivity index (χ2v) is 12.6. The summed E-state index contributed by atoms with van der Waals surface area (Å²) in [6, 6.07) is 54.6. The van der Waals surface area contributed by atoms with Crippen molar-refractivity contribution in [2.24, 2.45) is 0 Å². The van der Waals surface area contributed by atoms with Gasteiger partial charge in [0.2, 0.25) is 0 Å². The van der Waals surface area contributed by atoms with Crippen LogP contribution >= 0.6 is 0 Å². The van der Waals surface area contributed by atoms with Crippen molar-refractivity contribution in [1.29, 1.82) is 0 Å². The first-order valence-electron chi connectivity index (χ1n) is 15.6. The fraction of sp³-hybridized carbons (Fsp3) is 0.0698. The molecule has 0 fully saturated rings. The molecule has 0 amide bonds. The molecular weight excluding hydrogens is 546 g/mol. The van der Waals surface area contributed by atoms with Gasteiger partial charge in [-0.25, -0.2) is 0 Å². The summed E-state index contributed by atoms with van der Waals surface area (Å²) in [7, 11) is 0. The van der Waals surface area contributed by atoms with Crippen LogP contribution in [0.25, 0.3) is 55.0 Å². The summed E-state index contributed by atoms with van der Waals surface area (Å²) >= 11 is 0. The summed E-state index contributed by atoms with van der Waals surface area (Å²) in [4.78, 5) is 2.39. The lowest BCUT2D eigenvalue weighted by molar-refractivity contribution is 0.660. The van der Waals surface area contributed by atoms with Crippen LogP contribution in [-0.4, -0.2) is 0 Å². The van der Waals surface area contributed by atoms with Crippen molar-refractivity contribution >= 4 is 49.8 Å². The minimum absolute atomic E-state index is 0.0901. The van der Waals surface area contributed by atoms with Crippen LogP contribution in [-0.2, 0) is 5.41 Å². The third kappa shape index (κ3) is 3.89. The van der Waals surface area contributed by atoms with E-state index in [1.54, 1.807) is 0 Å². The van der Waals surface area contributed by atoms with Crippen LogP contribution < -0.4 is 4.90 Å². The van der Waals surface area contributed by atoms with Gasteiger partial charge in [0.15, 0.2) is 0 Å². The normalized spacial score (nSPS) is 13.3. The molecule has 1 aromatic heterocycles. The molecule has 0 atom stereocenters. The van der Waals surface area contributed by atoms with Crippen LogP contribution in [0.4, 0.5) is 17.1 Å². The third-order valence-electron chi connectivity index (χ3n) is 9.64. The molecule has 2 nitrogen and oxygen atoms in total. The molecule has 7 aromatic carbocycles. The Bertz CT molecular complexity index is 2410. The first-order chi connectivity index (χ1) is 22.1. The molecule has 0 spiro atoms. The summed E-state index contributed by atoms with van der Waals surface area (Å²) in [5.41, 5.74) is 12.7. The SMILES string of the molecule is CC1(C)c2ccccc2-c2ccc(N(c3ccccc3)c3ccccc3-c3cccc4c3oc3cc5ccccc5cc34)cc21. The lowest BCUT2D eigenvalue weighted by Gasteiger charge is -2.29. The predicted molar refractivity (Wildman–Crippen MR) is 189 cm³/mol. The first-order valence-corrected chi connectivity index (χ1v) is 15.6. The van der Waals surface area contributed by atoms with E-state index < -0.39 is 0 Å². The van der Waals surface area contributed by atoms with Gasteiger partial charge in [-0.1, -0.05) is 123 Å². The van der Waals surface area contributed by atoms with Crippen molar-refractivity contribution in [3.8, 4) is 22.3 Å². The summed E-state index contributed by atoms with van der Waals surface area (Å²) < 4.78 is 6.70. The number of anilines is 3. The van der Waals surface area contributed by atoms with E-state index in [9.17, 15) is 0 Å². The van der Waals surface area contributed by atoms with Crippen molar-refractivity contribution in [2.75, 3.05) is 4.90 Å². The number of hydrogen-bond acceptors (Lipinski definition) is 2. The van der Waals surface area contributed by atoms with E-state index in [4.69, 9.17) is 4.42 Å². The average molecular weight is 578 g/mol. The van der Waals surface area contributed by atoms with Crippen LogP contribution in [0.3, 0.4) is 0 Å². The van der Waals surface area contributed by atoms with Crippen molar-refractivity contribution in [1.82, 2.24) is 0 Å². The zero-order chi connectivity index (χ0) is 30.1. The number of para-hydroxylation sites is 3. The molecule has 0 unspecified atom stereocenters. The number of hydrogen-bond donors (Lipinski definition) is 0. The maximum atomic E-state index is 6.70. The molecule has 1 heterocycles. The highest BCUT2D eigenvalue weighted by Gasteiger charge is 2.35. The Labute approximate surface area is 262 Å². The lowest BCUT2D eigenvalue weighted by Crippen LogP contribution is -2.16. The van der Waals surface area contributed by atoms with E-state index in [2.05, 4.69) is 170 Å². The standard InChI is InChI=1S/C43H31NO/c1-43(2)38-21-10-8-17-32(38)33-24-23-31(27-39(33)43)44(30-15-4-3-5-16-30)40-22-11-9-18-34(40)35-19-12-20-36-37-25-28-13-6-7-14-29(28)26-41(37)45-42(35)36/h3-27H,1-2H3. The second-order valence-electron chi connectivity index (χ2n) is 12.6. The molecule has 45 heavy (non-hydrogen) atoms. The molecule has 0 saturated carbocycles. The second kappa shape index (κ2) is 9.70. The largest absolute Gasteiger partial charge is 0.455 e. The number of fused-ring (bicyclic) bond motifs is 7. The van der Waals surface area contributed by atoms with Gasteiger partial charge in [-0.3, -0.25) is 0 Å². The van der Waals surface area contributed by atoms with Crippen LogP contribution in [0.15, 0.2) is 156 Å². The molecule has 8 aromatic rings. The van der Waals surface area contributed by atoms with E-state index in [0.29, 0.717) is 0 Å². The third-order valence-corrected chi connectivity index (χ3v) is 9.64. The van der Waals surface area contributed by atoms with E-state index >= 15 is 0 Å². The Kier molecular flexibility index (Phi) is 5.58. The van der Waals surface area contributed by atoms with Crippen molar-refractivity contribution in [3.63, 3.8) is 0 Å². The summed E-state index contributed by atoms with van der Waals surface area (Å²) in [5, 5.41) is 4.67. The Hall–Kier alpha value is -5.60. The van der Waals surface area contributed by atoms with E-state index in [-0.39, 0.29) is 5.41 Å². The van der Waals surface area contributed by atoms with Gasteiger partial charge >= 0.3 is 0 Å². The van der Waals surface area contributed by atoms with Crippen molar-refractivity contribution < 1.29 is 4.42 Å². The van der Waals surface area contributed by atoms with E-state index in [1.807, 2.05) is 0 Å². The summed E-state index contributed by atoms with van der Waals surface area (Å²) in [6.07, 6.45) is 0. The highest BCUT2D eigenvalue weighted by Crippen LogP contribution is 2.51. The zero-order valence-electron chi connectivity index (χ0n) is 25.3. The fourth-order valence-corrected chi connectivity index (χ4v) is 7.43. The number of furan rings is 1. The number of nitrogens with zero attached hydrogens (tertiary/aromatic N) is 1. The molecular formula is C43H31NO. The minimum Gasteiger partial charge on any atom is -0.455 e. The zero-order valence-corrected chi connectivity index (χ0v) is 25.3. The quantitative estimate of drug-likeness (QED) is 0.207. The highest BCUT2D eigenvalue weighted by atomic mass is 16.3. The van der Waals surface area contributed by atoms with Gasteiger partial charge in [0.25, 0.3) is 0 Å². The van der Waals surface area contributed by atoms with Gasteiger partial charge in [0, 0.05) is 38.7 Å². The molecule has 0 N–H and O–H groups in total. The molecule has 9 rings (SSSR count). The number of rotatable bonds is 4. The average Bonchev–Trinajstić information content (AvgIpc) is 3.56. The van der Waals surface area contributed by atoms with Gasteiger partial charge in [-0.2, -0.15) is 0 Å². The Morgan fingerprint density at radius 2 is 1.13 bits per heavy atom. The molecule has 0 aliphatic heterocycles. The van der Waals surface area contributed by atoms with Gasteiger partial charge in [-0.05, 0) is 75.5 Å². The van der Waals surface area contributed by atoms with Crippen LogP contribution in [0.2, 0.25) is 0 Å². The Balaban J connectivity index is 1.27. The Morgan fingerprint density at radius 3 is 1.98 bits per heavy atom. The van der Waals surface area contributed by atoms with Crippen LogP contribution in [0.5, 0.6) is 0 Å². The molecule has 0 radical (unpaired) electrons. The maximum Gasteiger partial charge on any atom is 0.143 e. The smallest absolute Gasteiger partial charge is 0.143 e. The van der Waals surface area contributed by atoms with Crippen molar-refractivity contribution in [3.05, 3.63) is 163 Å². The Morgan fingerprint density at radius 1 is 0.467 bits per heavy atom.